The minimum absolute atomic E-state index is 0.0527. The highest BCUT2D eigenvalue weighted by molar-refractivity contribution is 8.26. The van der Waals surface area contributed by atoms with Crippen LogP contribution in [0, 0.1) is 0 Å². The van der Waals surface area contributed by atoms with Crippen LogP contribution in [-0.4, -0.2) is 21.2 Å². The predicted octanol–water partition coefficient (Wildman–Crippen LogP) is 4.87. The van der Waals surface area contributed by atoms with E-state index in [0.29, 0.717) is 14.2 Å². The average Bonchev–Trinajstić information content (AvgIpc) is 2.74. The Morgan fingerprint density at radius 1 is 1.29 bits per heavy atom. The molecule has 110 valence electrons. The molecule has 0 atom stereocenters. The van der Waals surface area contributed by atoms with Crippen molar-refractivity contribution in [2.24, 2.45) is 0 Å². The van der Waals surface area contributed by atoms with Crippen molar-refractivity contribution in [3.8, 4) is 0 Å². The van der Waals surface area contributed by atoms with E-state index in [9.17, 15) is 4.79 Å². The number of thioether (sulfide) groups is 1. The molecule has 1 saturated heterocycles. The number of amides is 1. The van der Waals surface area contributed by atoms with Crippen molar-refractivity contribution >= 4 is 51.9 Å². The summed E-state index contributed by atoms with van der Waals surface area (Å²) in [6.07, 6.45) is 7.66. The number of carbonyl (C=O) groups is 1. The number of nitrogens with zero attached hydrogens (tertiary/aromatic N) is 1. The van der Waals surface area contributed by atoms with Crippen molar-refractivity contribution in [2.45, 2.75) is 38.1 Å². The van der Waals surface area contributed by atoms with E-state index in [1.807, 2.05) is 35.2 Å². The molecule has 1 aliphatic heterocycles. The van der Waals surface area contributed by atoms with E-state index in [0.717, 1.165) is 18.4 Å². The molecule has 0 N–H and O–H groups in total. The maximum atomic E-state index is 12.6. The Balaban J connectivity index is 1.82. The molecule has 0 radical (unpaired) electrons. The Morgan fingerprint density at radius 2 is 2.05 bits per heavy atom. The SMILES string of the molecule is O=C1/C(=C/c2cccc(Cl)c2)SC(=S)N1C1CCCCC1. The first-order valence-corrected chi connectivity index (χ1v) is 8.78. The second-order valence-electron chi connectivity index (χ2n) is 5.40. The third kappa shape index (κ3) is 3.33. The van der Waals surface area contributed by atoms with E-state index >= 15 is 0 Å². The molecule has 0 aromatic heterocycles. The molecule has 1 aromatic carbocycles. The standard InChI is InChI=1S/C16H16ClNOS2/c17-12-6-4-5-11(9-12)10-14-15(19)18(16(20)21-14)13-7-2-1-3-8-13/h4-6,9-10,13H,1-3,7-8H2/b14-10-. The minimum atomic E-state index is 0.0527. The molecule has 1 aliphatic carbocycles. The first-order valence-electron chi connectivity index (χ1n) is 7.18. The lowest BCUT2D eigenvalue weighted by molar-refractivity contribution is -0.124. The predicted molar refractivity (Wildman–Crippen MR) is 93.3 cm³/mol. The number of hydrogen-bond donors (Lipinski definition) is 0. The van der Waals surface area contributed by atoms with Gasteiger partial charge in [0.15, 0.2) is 0 Å². The van der Waals surface area contributed by atoms with Crippen LogP contribution in [0.3, 0.4) is 0 Å². The summed E-state index contributed by atoms with van der Waals surface area (Å²) < 4.78 is 0.695. The van der Waals surface area contributed by atoms with Crippen LogP contribution in [0.5, 0.6) is 0 Å². The highest BCUT2D eigenvalue weighted by Crippen LogP contribution is 2.37. The smallest absolute Gasteiger partial charge is 0.266 e. The molecule has 0 spiro atoms. The number of rotatable bonds is 2. The van der Waals surface area contributed by atoms with E-state index in [-0.39, 0.29) is 11.9 Å². The van der Waals surface area contributed by atoms with E-state index in [1.54, 1.807) is 0 Å². The molecule has 0 bridgehead atoms. The first-order chi connectivity index (χ1) is 10.1. The number of carbonyl (C=O) groups excluding carboxylic acids is 1. The second-order valence-corrected chi connectivity index (χ2v) is 7.51. The van der Waals surface area contributed by atoms with Gasteiger partial charge in [0.25, 0.3) is 5.91 Å². The lowest BCUT2D eigenvalue weighted by Gasteiger charge is -2.29. The molecule has 1 saturated carbocycles. The number of halogens is 1. The molecular formula is C16H16ClNOS2. The molecule has 2 nitrogen and oxygen atoms in total. The Morgan fingerprint density at radius 3 is 2.76 bits per heavy atom. The van der Waals surface area contributed by atoms with E-state index in [4.69, 9.17) is 23.8 Å². The minimum Gasteiger partial charge on any atom is -0.290 e. The van der Waals surface area contributed by atoms with Crippen molar-refractivity contribution in [1.82, 2.24) is 4.90 Å². The van der Waals surface area contributed by atoms with Crippen LogP contribution in [0.4, 0.5) is 0 Å². The van der Waals surface area contributed by atoms with Gasteiger partial charge in [-0.1, -0.05) is 67.0 Å². The fourth-order valence-corrected chi connectivity index (χ4v) is 4.48. The average molecular weight is 338 g/mol. The Bertz CT molecular complexity index is 608. The third-order valence-electron chi connectivity index (χ3n) is 3.91. The molecule has 2 aliphatic rings. The van der Waals surface area contributed by atoms with Crippen LogP contribution in [0.15, 0.2) is 29.2 Å². The van der Waals surface area contributed by atoms with Crippen LogP contribution < -0.4 is 0 Å². The number of benzene rings is 1. The molecule has 1 heterocycles. The Hall–Kier alpha value is -0.840. The third-order valence-corrected chi connectivity index (χ3v) is 5.48. The zero-order chi connectivity index (χ0) is 14.8. The van der Waals surface area contributed by atoms with Gasteiger partial charge in [-0.15, -0.1) is 0 Å². The first kappa shape index (κ1) is 15.1. The molecule has 5 heteroatoms. The van der Waals surface area contributed by atoms with Crippen LogP contribution in [0.2, 0.25) is 5.02 Å². The van der Waals surface area contributed by atoms with Crippen molar-refractivity contribution in [2.75, 3.05) is 0 Å². The molecule has 2 fully saturated rings. The molecule has 0 unspecified atom stereocenters. The molecular weight excluding hydrogens is 322 g/mol. The van der Waals surface area contributed by atoms with Crippen LogP contribution in [0.1, 0.15) is 37.7 Å². The molecule has 3 rings (SSSR count). The summed E-state index contributed by atoms with van der Waals surface area (Å²) in [6, 6.07) is 7.80. The van der Waals surface area contributed by atoms with Gasteiger partial charge in [0.2, 0.25) is 0 Å². The molecule has 1 amide bonds. The van der Waals surface area contributed by atoms with Gasteiger partial charge in [-0.2, -0.15) is 0 Å². The van der Waals surface area contributed by atoms with Crippen LogP contribution >= 0.6 is 35.6 Å². The maximum Gasteiger partial charge on any atom is 0.266 e. The fraction of sp³-hybridized carbons (Fsp3) is 0.375. The quantitative estimate of drug-likeness (QED) is 0.567. The van der Waals surface area contributed by atoms with Crippen LogP contribution in [0.25, 0.3) is 6.08 Å². The Kier molecular flexibility index (Phi) is 4.67. The summed E-state index contributed by atoms with van der Waals surface area (Å²) >= 11 is 12.8. The summed E-state index contributed by atoms with van der Waals surface area (Å²) in [5.41, 5.74) is 0.937. The van der Waals surface area contributed by atoms with Crippen molar-refractivity contribution in [3.05, 3.63) is 39.8 Å². The zero-order valence-electron chi connectivity index (χ0n) is 11.5. The second kappa shape index (κ2) is 6.51. The highest BCUT2D eigenvalue weighted by atomic mass is 35.5. The summed E-state index contributed by atoms with van der Waals surface area (Å²) in [5.74, 6) is 0.0527. The molecule has 21 heavy (non-hydrogen) atoms. The molecule has 1 aromatic rings. The normalized spacial score (nSPS) is 22.3. The highest BCUT2D eigenvalue weighted by Gasteiger charge is 2.37. The topological polar surface area (TPSA) is 20.3 Å². The number of hydrogen-bond acceptors (Lipinski definition) is 3. The number of thiocarbonyl (C=S) groups is 1. The monoisotopic (exact) mass is 337 g/mol. The van der Waals surface area contributed by atoms with Crippen molar-refractivity contribution in [3.63, 3.8) is 0 Å². The summed E-state index contributed by atoms with van der Waals surface area (Å²) in [7, 11) is 0. The summed E-state index contributed by atoms with van der Waals surface area (Å²) in [6.45, 7) is 0. The lowest BCUT2D eigenvalue weighted by Crippen LogP contribution is -2.39. The van der Waals surface area contributed by atoms with Gasteiger partial charge in [-0.25, -0.2) is 0 Å². The lowest BCUT2D eigenvalue weighted by atomic mass is 9.94. The van der Waals surface area contributed by atoms with Gasteiger partial charge >= 0.3 is 0 Å². The summed E-state index contributed by atoms with van der Waals surface area (Å²) in [5, 5.41) is 0.673. The van der Waals surface area contributed by atoms with E-state index in [1.165, 1.54) is 31.0 Å². The van der Waals surface area contributed by atoms with Gasteiger partial charge in [0, 0.05) is 11.1 Å². The van der Waals surface area contributed by atoms with E-state index in [2.05, 4.69) is 0 Å². The zero-order valence-corrected chi connectivity index (χ0v) is 13.9. The van der Waals surface area contributed by atoms with Crippen molar-refractivity contribution < 1.29 is 4.79 Å². The Labute approximate surface area is 139 Å². The van der Waals surface area contributed by atoms with Crippen LogP contribution in [-0.2, 0) is 4.79 Å². The summed E-state index contributed by atoms with van der Waals surface area (Å²) in [4.78, 5) is 15.2. The van der Waals surface area contributed by atoms with Gasteiger partial charge < -0.3 is 0 Å². The largest absolute Gasteiger partial charge is 0.290 e. The van der Waals surface area contributed by atoms with Gasteiger partial charge in [0.1, 0.15) is 4.32 Å². The van der Waals surface area contributed by atoms with Crippen molar-refractivity contribution in [1.29, 1.82) is 0 Å². The maximum absolute atomic E-state index is 12.6. The van der Waals surface area contributed by atoms with Gasteiger partial charge in [0.05, 0.1) is 4.91 Å². The van der Waals surface area contributed by atoms with E-state index < -0.39 is 0 Å². The fourth-order valence-electron chi connectivity index (χ4n) is 2.88. The van der Waals surface area contributed by atoms with Gasteiger partial charge in [-0.05, 0) is 36.6 Å². The van der Waals surface area contributed by atoms with Gasteiger partial charge in [-0.3, -0.25) is 9.69 Å².